The minimum Gasteiger partial charge on any atom is -0.462 e. The molecule has 2 aromatic heterocycles. The average molecular weight is 399 g/mol. The Labute approximate surface area is 162 Å². The molecule has 0 atom stereocenters. The van der Waals surface area contributed by atoms with Crippen LogP contribution in [0.1, 0.15) is 45.1 Å². The normalized spacial score (nSPS) is 13.7. The zero-order valence-electron chi connectivity index (χ0n) is 15.1. The molecule has 1 N–H and O–H groups in total. The third kappa shape index (κ3) is 3.92. The van der Waals surface area contributed by atoms with Gasteiger partial charge in [0, 0.05) is 31.2 Å². The monoisotopic (exact) mass is 398 g/mol. The van der Waals surface area contributed by atoms with Gasteiger partial charge in [-0.15, -0.1) is 23.7 Å². The van der Waals surface area contributed by atoms with E-state index in [0.717, 1.165) is 36.5 Å². The topological polar surface area (TPSA) is 76.5 Å². The van der Waals surface area contributed by atoms with Crippen molar-refractivity contribution in [2.75, 3.05) is 25.0 Å². The standard InChI is InChI=1S/C17H22N4O3S.ClH/c1-4-21-9-7-11-13(10-21)25-16(14(11)17(23)24-5-2)19-15(22)12-6-8-18-20(12)3;/h6,8H,4-5,7,9-10H2,1-3H3,(H,19,22);1H. The number of rotatable bonds is 5. The predicted molar refractivity (Wildman–Crippen MR) is 103 cm³/mol. The molecule has 0 unspecified atom stereocenters. The summed E-state index contributed by atoms with van der Waals surface area (Å²) in [6.45, 7) is 6.87. The van der Waals surface area contributed by atoms with Gasteiger partial charge in [-0.05, 0) is 31.5 Å². The van der Waals surface area contributed by atoms with Crippen LogP contribution in [0.4, 0.5) is 5.00 Å². The highest BCUT2D eigenvalue weighted by Gasteiger charge is 2.29. The Bertz CT molecular complexity index is 802. The molecule has 1 aliphatic heterocycles. The number of likely N-dealkylation sites (N-methyl/N-ethyl adjacent to an activating group) is 1. The zero-order chi connectivity index (χ0) is 18.0. The van der Waals surface area contributed by atoms with Gasteiger partial charge in [0.05, 0.1) is 12.2 Å². The summed E-state index contributed by atoms with van der Waals surface area (Å²) >= 11 is 1.46. The molecule has 0 aromatic carbocycles. The van der Waals surface area contributed by atoms with Gasteiger partial charge in [0.15, 0.2) is 0 Å². The molecule has 0 fully saturated rings. The van der Waals surface area contributed by atoms with Gasteiger partial charge in [-0.3, -0.25) is 14.4 Å². The zero-order valence-corrected chi connectivity index (χ0v) is 16.7. The molecule has 7 nitrogen and oxygen atoms in total. The molecule has 1 aliphatic rings. The number of esters is 1. The van der Waals surface area contributed by atoms with E-state index in [2.05, 4.69) is 22.2 Å². The third-order valence-corrected chi connectivity index (χ3v) is 5.48. The minimum absolute atomic E-state index is 0. The molecule has 3 heterocycles. The first-order valence-electron chi connectivity index (χ1n) is 8.38. The van der Waals surface area contributed by atoms with Crippen molar-refractivity contribution in [1.29, 1.82) is 0 Å². The highest BCUT2D eigenvalue weighted by Crippen LogP contribution is 2.37. The molecule has 9 heteroatoms. The van der Waals surface area contributed by atoms with Crippen LogP contribution >= 0.6 is 23.7 Å². The van der Waals surface area contributed by atoms with E-state index >= 15 is 0 Å². The lowest BCUT2D eigenvalue weighted by Crippen LogP contribution is -2.30. The predicted octanol–water partition coefficient (Wildman–Crippen LogP) is 2.71. The number of nitrogens with zero attached hydrogens (tertiary/aromatic N) is 3. The number of thiophene rings is 1. The largest absolute Gasteiger partial charge is 0.462 e. The van der Waals surface area contributed by atoms with Crippen molar-refractivity contribution in [3.63, 3.8) is 0 Å². The summed E-state index contributed by atoms with van der Waals surface area (Å²) in [4.78, 5) is 28.5. The smallest absolute Gasteiger partial charge is 0.341 e. The van der Waals surface area contributed by atoms with Gasteiger partial charge in [0.1, 0.15) is 10.7 Å². The molecule has 142 valence electrons. The second kappa shape index (κ2) is 8.66. The summed E-state index contributed by atoms with van der Waals surface area (Å²) in [7, 11) is 1.71. The number of anilines is 1. The second-order valence-corrected chi connectivity index (χ2v) is 6.95. The van der Waals surface area contributed by atoms with Crippen LogP contribution in [0.3, 0.4) is 0 Å². The van der Waals surface area contributed by atoms with Crippen molar-refractivity contribution in [1.82, 2.24) is 14.7 Å². The van der Waals surface area contributed by atoms with Crippen LogP contribution in [0.25, 0.3) is 0 Å². The Kier molecular flexibility index (Phi) is 6.80. The number of aryl methyl sites for hydroxylation is 1. The molecule has 26 heavy (non-hydrogen) atoms. The van der Waals surface area contributed by atoms with Crippen LogP contribution in [0, 0.1) is 0 Å². The molecule has 0 aliphatic carbocycles. The maximum atomic E-state index is 12.5. The Morgan fingerprint density at radius 2 is 2.15 bits per heavy atom. The summed E-state index contributed by atoms with van der Waals surface area (Å²) in [6, 6.07) is 1.64. The molecule has 1 amide bonds. The van der Waals surface area contributed by atoms with Gasteiger partial charge in [-0.1, -0.05) is 6.92 Å². The van der Waals surface area contributed by atoms with E-state index in [-0.39, 0.29) is 24.3 Å². The van der Waals surface area contributed by atoms with Crippen molar-refractivity contribution < 1.29 is 14.3 Å². The van der Waals surface area contributed by atoms with Gasteiger partial charge in [0.25, 0.3) is 5.91 Å². The average Bonchev–Trinajstić information content (AvgIpc) is 3.17. The van der Waals surface area contributed by atoms with Crippen LogP contribution in [-0.2, 0) is 24.8 Å². The maximum Gasteiger partial charge on any atom is 0.341 e. The van der Waals surface area contributed by atoms with Crippen molar-refractivity contribution in [2.45, 2.75) is 26.8 Å². The first-order chi connectivity index (χ1) is 12.0. The van der Waals surface area contributed by atoms with Crippen LogP contribution in [0.5, 0.6) is 0 Å². The quantitative estimate of drug-likeness (QED) is 0.783. The number of carbonyl (C=O) groups excluding carboxylic acids is 2. The Balaban J connectivity index is 0.00000243. The summed E-state index contributed by atoms with van der Waals surface area (Å²) in [5.41, 5.74) is 1.96. The van der Waals surface area contributed by atoms with Crippen LogP contribution < -0.4 is 5.32 Å². The number of aromatic nitrogens is 2. The lowest BCUT2D eigenvalue weighted by molar-refractivity contribution is 0.0526. The highest BCUT2D eigenvalue weighted by atomic mass is 35.5. The fourth-order valence-electron chi connectivity index (χ4n) is 3.00. The lowest BCUT2D eigenvalue weighted by atomic mass is 10.0. The van der Waals surface area contributed by atoms with Crippen molar-refractivity contribution >= 4 is 40.6 Å². The van der Waals surface area contributed by atoms with Crippen LogP contribution in [0.2, 0.25) is 0 Å². The summed E-state index contributed by atoms with van der Waals surface area (Å²) in [5.74, 6) is -0.651. The van der Waals surface area contributed by atoms with Crippen molar-refractivity contribution in [2.24, 2.45) is 7.05 Å². The van der Waals surface area contributed by atoms with Gasteiger partial charge in [-0.25, -0.2) is 4.79 Å². The fraction of sp³-hybridized carbons (Fsp3) is 0.471. The highest BCUT2D eigenvalue weighted by molar-refractivity contribution is 7.17. The second-order valence-electron chi connectivity index (χ2n) is 5.84. The molecule has 0 spiro atoms. The van der Waals surface area contributed by atoms with Crippen molar-refractivity contribution in [3.05, 3.63) is 34.0 Å². The van der Waals surface area contributed by atoms with Gasteiger partial charge in [0.2, 0.25) is 0 Å². The summed E-state index contributed by atoms with van der Waals surface area (Å²) in [5, 5.41) is 7.46. The molecule has 2 aromatic rings. The molecule has 0 saturated heterocycles. The van der Waals surface area contributed by atoms with E-state index in [4.69, 9.17) is 4.74 Å². The Hall–Kier alpha value is -1.90. The van der Waals surface area contributed by atoms with Gasteiger partial charge >= 0.3 is 5.97 Å². The minimum atomic E-state index is -0.370. The summed E-state index contributed by atoms with van der Waals surface area (Å²) in [6.07, 6.45) is 2.36. The van der Waals surface area contributed by atoms with Gasteiger partial charge < -0.3 is 10.1 Å². The van der Waals surface area contributed by atoms with Crippen LogP contribution in [0.15, 0.2) is 12.3 Å². The number of carbonyl (C=O) groups is 2. The Morgan fingerprint density at radius 3 is 2.77 bits per heavy atom. The maximum absolute atomic E-state index is 12.5. The number of amides is 1. The van der Waals surface area contributed by atoms with Gasteiger partial charge in [-0.2, -0.15) is 5.10 Å². The molecular weight excluding hydrogens is 376 g/mol. The molecule has 0 radical (unpaired) electrons. The van der Waals surface area contributed by atoms with E-state index < -0.39 is 0 Å². The summed E-state index contributed by atoms with van der Waals surface area (Å²) < 4.78 is 6.73. The third-order valence-electron chi connectivity index (χ3n) is 4.34. The van der Waals surface area contributed by atoms with E-state index in [1.165, 1.54) is 16.0 Å². The molecular formula is C17H23ClN4O3S. The molecule has 3 rings (SSSR count). The number of nitrogens with one attached hydrogen (secondary N) is 1. The van der Waals surface area contributed by atoms with E-state index in [1.807, 2.05) is 0 Å². The number of hydrogen-bond acceptors (Lipinski definition) is 6. The number of ether oxygens (including phenoxy) is 1. The van der Waals surface area contributed by atoms with E-state index in [0.29, 0.717) is 22.9 Å². The SMILES string of the molecule is CCOC(=O)c1c(NC(=O)c2ccnn2C)sc2c1CCN(CC)C2.Cl. The number of halogens is 1. The first kappa shape index (κ1) is 20.4. The lowest BCUT2D eigenvalue weighted by Gasteiger charge is -2.25. The number of hydrogen-bond donors (Lipinski definition) is 1. The van der Waals surface area contributed by atoms with Crippen LogP contribution in [-0.4, -0.2) is 46.3 Å². The molecule has 0 saturated carbocycles. The Morgan fingerprint density at radius 1 is 1.38 bits per heavy atom. The fourth-order valence-corrected chi connectivity index (χ4v) is 4.27. The van der Waals surface area contributed by atoms with E-state index in [1.54, 1.807) is 26.2 Å². The molecule has 0 bridgehead atoms. The van der Waals surface area contributed by atoms with Crippen molar-refractivity contribution in [3.8, 4) is 0 Å². The first-order valence-corrected chi connectivity index (χ1v) is 9.20. The number of fused-ring (bicyclic) bond motifs is 1. The van der Waals surface area contributed by atoms with E-state index in [9.17, 15) is 9.59 Å².